The molecule has 0 radical (unpaired) electrons. The Kier molecular flexibility index (Phi) is 5.69. The van der Waals surface area contributed by atoms with Gasteiger partial charge in [-0.2, -0.15) is 10.3 Å². The fourth-order valence-electron chi connectivity index (χ4n) is 4.00. The number of aliphatic imine (C=N–C) groups is 1. The SMILES string of the molecule is CCOC=NC1=C(C#N)C(c2ccc(OC)cc2)c2ccc(=O)c3c(C)oc(C)c3c2O1. The van der Waals surface area contributed by atoms with Gasteiger partial charge in [0.15, 0.2) is 11.8 Å². The Hall–Kier alpha value is -4.05. The van der Waals surface area contributed by atoms with Gasteiger partial charge in [0.2, 0.25) is 5.88 Å². The molecule has 0 N–H and O–H groups in total. The largest absolute Gasteiger partial charge is 0.497 e. The van der Waals surface area contributed by atoms with E-state index < -0.39 is 5.92 Å². The number of fused-ring (bicyclic) bond motifs is 3. The van der Waals surface area contributed by atoms with Crippen molar-refractivity contribution in [1.29, 1.82) is 5.26 Å². The first-order valence-corrected chi connectivity index (χ1v) is 10.2. The van der Waals surface area contributed by atoms with Crippen molar-refractivity contribution in [3.8, 4) is 17.6 Å². The number of allylic oxidation sites excluding steroid dienone is 1. The number of hydrogen-bond donors (Lipinski definition) is 0. The molecular weight excluding hydrogens is 408 g/mol. The molecule has 1 aliphatic rings. The van der Waals surface area contributed by atoms with Crippen LogP contribution in [0.1, 0.15) is 35.5 Å². The first-order chi connectivity index (χ1) is 15.5. The molecule has 3 aromatic rings. The van der Waals surface area contributed by atoms with Crippen LogP contribution in [0.2, 0.25) is 0 Å². The maximum atomic E-state index is 12.9. The van der Waals surface area contributed by atoms with Crippen LogP contribution in [0.15, 0.2) is 62.1 Å². The van der Waals surface area contributed by atoms with E-state index in [9.17, 15) is 10.1 Å². The van der Waals surface area contributed by atoms with Gasteiger partial charge < -0.3 is 18.6 Å². The zero-order valence-corrected chi connectivity index (χ0v) is 18.3. The molecule has 1 unspecified atom stereocenters. The Morgan fingerprint density at radius 3 is 2.50 bits per heavy atom. The normalized spacial score (nSPS) is 15.4. The van der Waals surface area contributed by atoms with E-state index >= 15 is 0 Å². The summed E-state index contributed by atoms with van der Waals surface area (Å²) in [4.78, 5) is 17.2. The summed E-state index contributed by atoms with van der Waals surface area (Å²) in [5.74, 6) is 1.83. The average Bonchev–Trinajstić information content (AvgIpc) is 3.01. The number of nitriles is 1. The van der Waals surface area contributed by atoms with Crippen LogP contribution in [-0.2, 0) is 4.74 Å². The van der Waals surface area contributed by atoms with Crippen molar-refractivity contribution in [3.05, 3.63) is 80.7 Å². The topological polar surface area (TPSA) is 94.1 Å². The van der Waals surface area contributed by atoms with E-state index in [0.29, 0.717) is 51.5 Å². The first-order valence-electron chi connectivity index (χ1n) is 10.2. The molecule has 0 aliphatic carbocycles. The Morgan fingerprint density at radius 1 is 1.12 bits per heavy atom. The highest BCUT2D eigenvalue weighted by Gasteiger charge is 2.34. The minimum Gasteiger partial charge on any atom is -0.497 e. The predicted molar refractivity (Wildman–Crippen MR) is 120 cm³/mol. The fourth-order valence-corrected chi connectivity index (χ4v) is 4.00. The quantitative estimate of drug-likeness (QED) is 0.429. The van der Waals surface area contributed by atoms with Crippen molar-refractivity contribution in [2.45, 2.75) is 26.7 Å². The van der Waals surface area contributed by atoms with Gasteiger partial charge in [-0.25, -0.2) is 0 Å². The van der Waals surface area contributed by atoms with Gasteiger partial charge in [-0.3, -0.25) is 4.79 Å². The Bertz CT molecular complexity index is 1340. The summed E-state index contributed by atoms with van der Waals surface area (Å²) in [6.07, 6.45) is 1.26. The lowest BCUT2D eigenvalue weighted by Crippen LogP contribution is -2.15. The molecule has 2 aromatic carbocycles. The van der Waals surface area contributed by atoms with Gasteiger partial charge in [-0.15, -0.1) is 0 Å². The van der Waals surface area contributed by atoms with Crippen LogP contribution in [0.5, 0.6) is 11.5 Å². The summed E-state index contributed by atoms with van der Waals surface area (Å²) < 4.78 is 22.4. The minimum absolute atomic E-state index is 0.118. The molecule has 0 saturated carbocycles. The molecule has 4 rings (SSSR count). The summed E-state index contributed by atoms with van der Waals surface area (Å²) in [6, 6.07) is 12.9. The molecule has 1 aromatic heterocycles. The van der Waals surface area contributed by atoms with Crippen LogP contribution in [0, 0.1) is 25.2 Å². The van der Waals surface area contributed by atoms with Crippen molar-refractivity contribution in [2.75, 3.05) is 13.7 Å². The summed E-state index contributed by atoms with van der Waals surface area (Å²) >= 11 is 0. The second kappa shape index (κ2) is 8.60. The third-order valence-corrected chi connectivity index (χ3v) is 5.42. The van der Waals surface area contributed by atoms with Crippen molar-refractivity contribution < 1.29 is 18.6 Å². The molecule has 1 atom stereocenters. The monoisotopic (exact) mass is 430 g/mol. The molecule has 1 aliphatic heterocycles. The Balaban J connectivity index is 2.06. The van der Waals surface area contributed by atoms with Crippen molar-refractivity contribution in [3.63, 3.8) is 0 Å². The predicted octanol–water partition coefficient (Wildman–Crippen LogP) is 4.74. The number of aryl methyl sites for hydroxylation is 2. The molecule has 0 spiro atoms. The Morgan fingerprint density at radius 2 is 1.84 bits per heavy atom. The van der Waals surface area contributed by atoms with Gasteiger partial charge >= 0.3 is 0 Å². The zero-order chi connectivity index (χ0) is 22.8. The van der Waals surface area contributed by atoms with Crippen LogP contribution in [0.3, 0.4) is 0 Å². The number of benzene rings is 1. The number of ether oxygens (including phenoxy) is 3. The van der Waals surface area contributed by atoms with Crippen molar-refractivity contribution >= 4 is 17.2 Å². The molecular formula is C25H22N2O5. The van der Waals surface area contributed by atoms with E-state index in [1.807, 2.05) is 31.2 Å². The van der Waals surface area contributed by atoms with E-state index in [4.69, 9.17) is 18.6 Å². The van der Waals surface area contributed by atoms with E-state index in [1.54, 1.807) is 27.0 Å². The summed E-state index contributed by atoms with van der Waals surface area (Å²) in [6.45, 7) is 5.79. The Labute approximate surface area is 185 Å². The lowest BCUT2D eigenvalue weighted by Gasteiger charge is -2.26. The third-order valence-electron chi connectivity index (χ3n) is 5.42. The van der Waals surface area contributed by atoms with Crippen LogP contribution in [0.4, 0.5) is 0 Å². The molecule has 2 heterocycles. The fraction of sp³-hybridized carbons (Fsp3) is 0.240. The average molecular weight is 430 g/mol. The highest BCUT2D eigenvalue weighted by molar-refractivity contribution is 5.93. The molecule has 162 valence electrons. The molecule has 7 nitrogen and oxygen atoms in total. The van der Waals surface area contributed by atoms with Gasteiger partial charge in [-0.1, -0.05) is 18.2 Å². The molecule has 7 heteroatoms. The minimum atomic E-state index is -0.506. The summed E-state index contributed by atoms with van der Waals surface area (Å²) in [5, 5.41) is 11.1. The highest BCUT2D eigenvalue weighted by Crippen LogP contribution is 2.46. The van der Waals surface area contributed by atoms with Gasteiger partial charge in [-0.05, 0) is 44.5 Å². The summed E-state index contributed by atoms with van der Waals surface area (Å²) in [5.41, 5.74) is 1.64. The number of methoxy groups -OCH3 is 1. The van der Waals surface area contributed by atoms with Gasteiger partial charge in [0.1, 0.15) is 34.7 Å². The van der Waals surface area contributed by atoms with Crippen LogP contribution < -0.4 is 14.9 Å². The smallest absolute Gasteiger partial charge is 0.236 e. The van der Waals surface area contributed by atoms with Crippen LogP contribution in [0.25, 0.3) is 10.8 Å². The van der Waals surface area contributed by atoms with E-state index in [0.717, 1.165) is 5.56 Å². The van der Waals surface area contributed by atoms with Crippen LogP contribution >= 0.6 is 0 Å². The lowest BCUT2D eigenvalue weighted by atomic mass is 9.84. The maximum absolute atomic E-state index is 12.9. The van der Waals surface area contributed by atoms with Gasteiger partial charge in [0.25, 0.3) is 0 Å². The van der Waals surface area contributed by atoms with E-state index in [1.165, 1.54) is 12.5 Å². The van der Waals surface area contributed by atoms with Gasteiger partial charge in [0, 0.05) is 5.56 Å². The second-order valence-corrected chi connectivity index (χ2v) is 7.28. The van der Waals surface area contributed by atoms with Gasteiger partial charge in [0.05, 0.1) is 30.4 Å². The third kappa shape index (κ3) is 3.50. The number of rotatable bonds is 5. The number of furan rings is 1. The van der Waals surface area contributed by atoms with E-state index in [2.05, 4.69) is 11.1 Å². The summed E-state index contributed by atoms with van der Waals surface area (Å²) in [7, 11) is 1.59. The number of nitrogens with zero attached hydrogens (tertiary/aromatic N) is 2. The molecule has 0 saturated heterocycles. The molecule has 0 amide bonds. The first kappa shape index (κ1) is 21.2. The van der Waals surface area contributed by atoms with Crippen LogP contribution in [-0.4, -0.2) is 20.1 Å². The zero-order valence-electron chi connectivity index (χ0n) is 18.3. The lowest BCUT2D eigenvalue weighted by molar-refractivity contribution is 0.336. The standard InChI is InChI=1S/C25H22N2O5/c1-5-30-13-27-25-19(12-26)23(16-6-8-17(29-4)9-7-16)18-10-11-20(28)21-14(2)31-15(3)22(21)24(18)32-25/h6-11,13,23H,5H2,1-4H3. The van der Waals surface area contributed by atoms with Crippen molar-refractivity contribution in [1.82, 2.24) is 0 Å². The number of hydrogen-bond acceptors (Lipinski definition) is 7. The molecule has 0 fully saturated rings. The second-order valence-electron chi connectivity index (χ2n) is 7.28. The molecule has 0 bridgehead atoms. The van der Waals surface area contributed by atoms with Crippen molar-refractivity contribution in [2.24, 2.45) is 4.99 Å². The van der Waals surface area contributed by atoms with E-state index in [-0.39, 0.29) is 11.3 Å². The maximum Gasteiger partial charge on any atom is 0.236 e. The highest BCUT2D eigenvalue weighted by atomic mass is 16.5. The molecule has 32 heavy (non-hydrogen) atoms.